The lowest BCUT2D eigenvalue weighted by Gasteiger charge is -2.38. The van der Waals surface area contributed by atoms with Gasteiger partial charge in [-0.05, 0) is 51.5 Å². The lowest BCUT2D eigenvalue weighted by molar-refractivity contribution is 0.0603. The van der Waals surface area contributed by atoms with Gasteiger partial charge in [0.15, 0.2) is 0 Å². The van der Waals surface area contributed by atoms with Crippen LogP contribution in [0.15, 0.2) is 30.3 Å². The van der Waals surface area contributed by atoms with Gasteiger partial charge in [0.2, 0.25) is 0 Å². The molecule has 0 bridgehead atoms. The molecule has 2 unspecified atom stereocenters. The maximum absolute atomic E-state index is 12.9. The molecule has 1 saturated heterocycles. The van der Waals surface area contributed by atoms with E-state index in [0.717, 1.165) is 35.6 Å². The first-order valence-electron chi connectivity index (χ1n) is 8.60. The number of benzene rings is 1. The molecule has 1 amide bonds. The minimum atomic E-state index is 0. The first kappa shape index (κ1) is 19.5. The third-order valence-corrected chi connectivity index (χ3v) is 4.90. The van der Waals surface area contributed by atoms with E-state index in [9.17, 15) is 4.79 Å². The van der Waals surface area contributed by atoms with E-state index in [2.05, 4.69) is 43.3 Å². The lowest BCUT2D eigenvalue weighted by atomic mass is 10.0. The molecule has 0 aliphatic carbocycles. The van der Waals surface area contributed by atoms with Gasteiger partial charge < -0.3 is 10.2 Å². The maximum atomic E-state index is 12.9. The number of halogens is 1. The Bertz CT molecular complexity index is 743. The predicted octanol–water partition coefficient (Wildman–Crippen LogP) is 2.79. The molecule has 3 rings (SSSR count). The fraction of sp³-hybridized carbons (Fsp3) is 0.474. The van der Waals surface area contributed by atoms with Crippen LogP contribution in [0.1, 0.15) is 41.2 Å². The van der Waals surface area contributed by atoms with Crippen molar-refractivity contribution in [3.8, 4) is 0 Å². The van der Waals surface area contributed by atoms with Gasteiger partial charge in [0.05, 0.1) is 12.2 Å². The molecule has 6 heteroatoms. The van der Waals surface area contributed by atoms with Crippen LogP contribution in [-0.4, -0.2) is 45.8 Å². The number of carbonyl (C=O) groups excluding carboxylic acids is 1. The number of piperazine rings is 1. The van der Waals surface area contributed by atoms with Crippen molar-refractivity contribution in [2.75, 3.05) is 13.1 Å². The molecule has 0 radical (unpaired) electrons. The summed E-state index contributed by atoms with van der Waals surface area (Å²) in [5.41, 5.74) is 4.01. The second kappa shape index (κ2) is 8.02. The molecule has 1 aliphatic rings. The van der Waals surface area contributed by atoms with Gasteiger partial charge in [-0.3, -0.25) is 9.48 Å². The van der Waals surface area contributed by atoms with Gasteiger partial charge in [-0.15, -0.1) is 12.4 Å². The first-order valence-corrected chi connectivity index (χ1v) is 8.60. The highest BCUT2D eigenvalue weighted by atomic mass is 35.5. The highest BCUT2D eigenvalue weighted by molar-refractivity contribution is 5.94. The quantitative estimate of drug-likeness (QED) is 0.913. The average Bonchev–Trinajstić information content (AvgIpc) is 2.87. The minimum absolute atomic E-state index is 0. The second-order valence-electron chi connectivity index (χ2n) is 6.77. The van der Waals surface area contributed by atoms with E-state index in [1.165, 1.54) is 0 Å². The molecule has 136 valence electrons. The van der Waals surface area contributed by atoms with Crippen LogP contribution in [-0.2, 0) is 6.54 Å². The average molecular weight is 363 g/mol. The van der Waals surface area contributed by atoms with Crippen molar-refractivity contribution in [2.24, 2.45) is 0 Å². The SMILES string of the molecule is Cc1cc(C)n(Cc2cccc(C(=O)N3CCNC(C)C3C)c2)n1.Cl. The minimum Gasteiger partial charge on any atom is -0.333 e. The van der Waals surface area contributed by atoms with Crippen LogP contribution in [0.4, 0.5) is 0 Å². The maximum Gasteiger partial charge on any atom is 0.254 e. The molecule has 5 nitrogen and oxygen atoms in total. The zero-order valence-electron chi connectivity index (χ0n) is 15.3. The van der Waals surface area contributed by atoms with Crippen molar-refractivity contribution < 1.29 is 4.79 Å². The fourth-order valence-corrected chi connectivity index (χ4v) is 3.32. The summed E-state index contributed by atoms with van der Waals surface area (Å²) in [6.45, 7) is 10.6. The summed E-state index contributed by atoms with van der Waals surface area (Å²) in [4.78, 5) is 14.9. The van der Waals surface area contributed by atoms with Gasteiger partial charge in [0, 0.05) is 36.4 Å². The highest BCUT2D eigenvalue weighted by Gasteiger charge is 2.28. The molecule has 1 N–H and O–H groups in total. The molecule has 2 atom stereocenters. The number of hydrogen-bond donors (Lipinski definition) is 1. The van der Waals surface area contributed by atoms with Crippen LogP contribution in [0.2, 0.25) is 0 Å². The zero-order valence-corrected chi connectivity index (χ0v) is 16.1. The van der Waals surface area contributed by atoms with Crippen molar-refractivity contribution >= 4 is 18.3 Å². The number of aryl methyl sites for hydroxylation is 2. The second-order valence-corrected chi connectivity index (χ2v) is 6.77. The molecule has 0 saturated carbocycles. The number of aromatic nitrogens is 2. The summed E-state index contributed by atoms with van der Waals surface area (Å²) in [6, 6.07) is 10.5. The van der Waals surface area contributed by atoms with Crippen LogP contribution in [0.3, 0.4) is 0 Å². The lowest BCUT2D eigenvalue weighted by Crippen LogP contribution is -2.57. The highest BCUT2D eigenvalue weighted by Crippen LogP contribution is 2.16. The van der Waals surface area contributed by atoms with E-state index in [1.54, 1.807) is 0 Å². The summed E-state index contributed by atoms with van der Waals surface area (Å²) in [5.74, 6) is 0.117. The molecular formula is C19H27ClN4O. The van der Waals surface area contributed by atoms with Gasteiger partial charge in [-0.2, -0.15) is 5.10 Å². The topological polar surface area (TPSA) is 50.2 Å². The third-order valence-electron chi connectivity index (χ3n) is 4.90. The van der Waals surface area contributed by atoms with E-state index < -0.39 is 0 Å². The van der Waals surface area contributed by atoms with E-state index in [4.69, 9.17) is 0 Å². The Morgan fingerprint density at radius 3 is 2.72 bits per heavy atom. The normalized spacial score (nSPS) is 20.2. The monoisotopic (exact) mass is 362 g/mol. The van der Waals surface area contributed by atoms with E-state index >= 15 is 0 Å². The van der Waals surface area contributed by atoms with Crippen LogP contribution in [0.25, 0.3) is 0 Å². The Morgan fingerprint density at radius 1 is 1.28 bits per heavy atom. The summed E-state index contributed by atoms with van der Waals surface area (Å²) in [6.07, 6.45) is 0. The Kier molecular flexibility index (Phi) is 6.25. The summed E-state index contributed by atoms with van der Waals surface area (Å²) < 4.78 is 1.98. The van der Waals surface area contributed by atoms with Crippen molar-refractivity contribution in [1.82, 2.24) is 20.0 Å². The standard InChI is InChI=1S/C19H26N4O.ClH/c1-13-10-14(2)23(21-13)12-17-6-5-7-18(11-17)19(24)22-9-8-20-15(3)16(22)4;/h5-7,10-11,15-16,20H,8-9,12H2,1-4H3;1H. The van der Waals surface area contributed by atoms with Crippen molar-refractivity contribution in [3.63, 3.8) is 0 Å². The number of rotatable bonds is 3. The zero-order chi connectivity index (χ0) is 17.3. The molecule has 25 heavy (non-hydrogen) atoms. The Labute approximate surface area is 155 Å². The number of amides is 1. The number of nitrogens with zero attached hydrogens (tertiary/aromatic N) is 3. The smallest absolute Gasteiger partial charge is 0.254 e. The molecule has 1 fully saturated rings. The summed E-state index contributed by atoms with van der Waals surface area (Å²) >= 11 is 0. The third kappa shape index (κ3) is 4.22. The van der Waals surface area contributed by atoms with Crippen LogP contribution in [0, 0.1) is 13.8 Å². The molecule has 2 heterocycles. The van der Waals surface area contributed by atoms with Crippen LogP contribution < -0.4 is 5.32 Å². The molecule has 0 spiro atoms. The fourth-order valence-electron chi connectivity index (χ4n) is 3.32. The van der Waals surface area contributed by atoms with Gasteiger partial charge in [-0.1, -0.05) is 12.1 Å². The summed E-state index contributed by atoms with van der Waals surface area (Å²) in [5, 5.41) is 7.92. The molecule has 1 aromatic heterocycles. The predicted molar refractivity (Wildman–Crippen MR) is 102 cm³/mol. The van der Waals surface area contributed by atoms with Crippen molar-refractivity contribution in [1.29, 1.82) is 0 Å². The Hall–Kier alpha value is -1.85. The number of nitrogens with one attached hydrogen (secondary N) is 1. The number of hydrogen-bond acceptors (Lipinski definition) is 3. The Balaban J connectivity index is 0.00000225. The van der Waals surface area contributed by atoms with Crippen LogP contribution >= 0.6 is 12.4 Å². The van der Waals surface area contributed by atoms with Gasteiger partial charge in [0.25, 0.3) is 5.91 Å². The van der Waals surface area contributed by atoms with Crippen molar-refractivity contribution in [2.45, 2.75) is 46.3 Å². The van der Waals surface area contributed by atoms with Crippen molar-refractivity contribution in [3.05, 3.63) is 52.8 Å². The van der Waals surface area contributed by atoms with Crippen LogP contribution in [0.5, 0.6) is 0 Å². The van der Waals surface area contributed by atoms with Gasteiger partial charge >= 0.3 is 0 Å². The molecule has 1 aromatic carbocycles. The molecular weight excluding hydrogens is 336 g/mol. The number of carbonyl (C=O) groups is 1. The van der Waals surface area contributed by atoms with E-state index in [1.807, 2.05) is 34.7 Å². The first-order chi connectivity index (χ1) is 11.5. The molecule has 1 aliphatic heterocycles. The van der Waals surface area contributed by atoms with E-state index in [-0.39, 0.29) is 24.4 Å². The Morgan fingerprint density at radius 2 is 2.04 bits per heavy atom. The largest absolute Gasteiger partial charge is 0.333 e. The van der Waals surface area contributed by atoms with E-state index in [0.29, 0.717) is 12.6 Å². The summed E-state index contributed by atoms with van der Waals surface area (Å²) in [7, 11) is 0. The molecule has 2 aromatic rings. The van der Waals surface area contributed by atoms with Gasteiger partial charge in [-0.25, -0.2) is 0 Å². The van der Waals surface area contributed by atoms with Gasteiger partial charge in [0.1, 0.15) is 0 Å².